The Bertz CT molecular complexity index is 719. The molecule has 0 bridgehead atoms. The van der Waals surface area contributed by atoms with Crippen molar-refractivity contribution in [1.82, 2.24) is 9.80 Å². The normalized spacial score (nSPS) is 15.0. The van der Waals surface area contributed by atoms with E-state index in [4.69, 9.17) is 10.5 Å². The number of nitrogens with zero attached hydrogens (tertiary/aromatic N) is 3. The zero-order valence-corrected chi connectivity index (χ0v) is 16.3. The van der Waals surface area contributed by atoms with Crippen molar-refractivity contribution in [2.75, 3.05) is 32.8 Å². The molecule has 7 heteroatoms. The maximum absolute atomic E-state index is 12.7. The van der Waals surface area contributed by atoms with Crippen LogP contribution in [0.5, 0.6) is 0 Å². The molecule has 1 aliphatic rings. The number of carbonyl (C=O) groups excluding carboxylic acids is 2. The minimum Gasteiger partial charge on any atom is -0.449 e. The fraction of sp³-hybridized carbons (Fsp3) is 0.476. The van der Waals surface area contributed by atoms with Crippen LogP contribution in [-0.2, 0) is 16.0 Å². The van der Waals surface area contributed by atoms with E-state index in [-0.39, 0.29) is 31.2 Å². The summed E-state index contributed by atoms with van der Waals surface area (Å²) in [6.45, 7) is 3.48. The molecule has 0 radical (unpaired) electrons. The van der Waals surface area contributed by atoms with Crippen LogP contribution < -0.4 is 5.73 Å². The van der Waals surface area contributed by atoms with Crippen LogP contribution in [0, 0.1) is 17.2 Å². The molecule has 1 fully saturated rings. The molecule has 2 rings (SSSR count). The molecule has 0 unspecified atom stereocenters. The van der Waals surface area contributed by atoms with Crippen LogP contribution in [0.15, 0.2) is 42.1 Å². The molecule has 0 saturated carbocycles. The molecule has 2 N–H and O–H groups in total. The Morgan fingerprint density at radius 1 is 1.32 bits per heavy atom. The monoisotopic (exact) mass is 384 g/mol. The zero-order valence-electron chi connectivity index (χ0n) is 16.3. The molecule has 7 nitrogen and oxygen atoms in total. The summed E-state index contributed by atoms with van der Waals surface area (Å²) in [6.07, 6.45) is 3.42. The van der Waals surface area contributed by atoms with Gasteiger partial charge in [-0.3, -0.25) is 9.69 Å². The third-order valence-electron chi connectivity index (χ3n) is 4.78. The lowest BCUT2D eigenvalue weighted by Gasteiger charge is -2.32. The second kappa shape index (κ2) is 11.1. The van der Waals surface area contributed by atoms with Gasteiger partial charge in [0.1, 0.15) is 11.6 Å². The fourth-order valence-corrected chi connectivity index (χ4v) is 3.30. The maximum atomic E-state index is 12.7. The van der Waals surface area contributed by atoms with Gasteiger partial charge in [-0.2, -0.15) is 5.26 Å². The van der Waals surface area contributed by atoms with Crippen molar-refractivity contribution in [2.45, 2.75) is 26.2 Å². The van der Waals surface area contributed by atoms with Gasteiger partial charge in [0.15, 0.2) is 0 Å². The summed E-state index contributed by atoms with van der Waals surface area (Å²) in [5.74, 6) is 0.168. The number of ether oxygens (including phenoxy) is 1. The summed E-state index contributed by atoms with van der Waals surface area (Å²) in [5.41, 5.74) is 6.74. The second-order valence-corrected chi connectivity index (χ2v) is 6.76. The summed E-state index contributed by atoms with van der Waals surface area (Å²) in [5, 5.41) is 9.43. The van der Waals surface area contributed by atoms with Crippen LogP contribution in [-0.4, -0.2) is 54.6 Å². The first-order chi connectivity index (χ1) is 13.6. The first-order valence-corrected chi connectivity index (χ1v) is 9.67. The van der Waals surface area contributed by atoms with E-state index in [2.05, 4.69) is 12.1 Å². The molecule has 1 saturated heterocycles. The smallest absolute Gasteiger partial charge is 0.413 e. The quantitative estimate of drug-likeness (QED) is 0.574. The molecule has 150 valence electrons. The van der Waals surface area contributed by atoms with Crippen LogP contribution >= 0.6 is 0 Å². The molecule has 0 atom stereocenters. The Labute approximate surface area is 166 Å². The average molecular weight is 384 g/mol. The lowest BCUT2D eigenvalue weighted by atomic mass is 9.90. The van der Waals surface area contributed by atoms with Gasteiger partial charge >= 0.3 is 6.09 Å². The summed E-state index contributed by atoms with van der Waals surface area (Å²) in [4.78, 5) is 27.6. The van der Waals surface area contributed by atoms with E-state index in [9.17, 15) is 14.9 Å². The number of nitrogens with two attached hydrogens (primary N) is 1. The van der Waals surface area contributed by atoms with Gasteiger partial charge in [-0.15, -0.1) is 0 Å². The Kier molecular flexibility index (Phi) is 8.50. The molecule has 1 heterocycles. The number of benzene rings is 1. The number of carbonyl (C=O) groups is 2. The van der Waals surface area contributed by atoms with Crippen molar-refractivity contribution in [3.05, 3.63) is 47.7 Å². The highest BCUT2D eigenvalue weighted by Crippen LogP contribution is 2.22. The van der Waals surface area contributed by atoms with Gasteiger partial charge in [-0.05, 0) is 37.7 Å². The predicted molar refractivity (Wildman–Crippen MR) is 106 cm³/mol. The van der Waals surface area contributed by atoms with Crippen molar-refractivity contribution < 1.29 is 14.3 Å². The second-order valence-electron chi connectivity index (χ2n) is 6.76. The number of likely N-dealkylation sites (tertiary alicyclic amines) is 1. The van der Waals surface area contributed by atoms with Gasteiger partial charge in [0, 0.05) is 32.4 Å². The summed E-state index contributed by atoms with van der Waals surface area (Å²) < 4.78 is 4.95. The number of hydrogen-bond donors (Lipinski definition) is 1. The van der Waals surface area contributed by atoms with Gasteiger partial charge in [0.05, 0.1) is 6.61 Å². The highest BCUT2D eigenvalue weighted by Gasteiger charge is 2.26. The molecule has 0 spiro atoms. The third-order valence-corrected chi connectivity index (χ3v) is 4.78. The lowest BCUT2D eigenvalue weighted by molar-refractivity contribution is -0.128. The Morgan fingerprint density at radius 3 is 2.57 bits per heavy atom. The van der Waals surface area contributed by atoms with Crippen molar-refractivity contribution in [1.29, 1.82) is 5.26 Å². The van der Waals surface area contributed by atoms with Gasteiger partial charge in [-0.25, -0.2) is 4.79 Å². The fourth-order valence-electron chi connectivity index (χ4n) is 3.30. The number of amides is 2. The molecular weight excluding hydrogens is 356 g/mol. The summed E-state index contributed by atoms with van der Waals surface area (Å²) in [7, 11) is 0. The van der Waals surface area contributed by atoms with Gasteiger partial charge < -0.3 is 15.4 Å². The Hall–Kier alpha value is -2.85. The molecule has 0 aromatic heterocycles. The lowest BCUT2D eigenvalue weighted by Crippen LogP contribution is -2.40. The SMILES string of the molecule is CCOC(=O)N(/C=C(/C#N)C(=O)N1CCC(Cc2ccccc2)CC1)CCN. The van der Waals surface area contributed by atoms with Crippen LogP contribution in [0.2, 0.25) is 0 Å². The molecule has 2 amide bonds. The topological polar surface area (TPSA) is 99.7 Å². The number of nitriles is 1. The zero-order chi connectivity index (χ0) is 20.4. The highest BCUT2D eigenvalue weighted by molar-refractivity contribution is 5.97. The Morgan fingerprint density at radius 2 is 2.00 bits per heavy atom. The minimum atomic E-state index is -0.616. The van der Waals surface area contributed by atoms with E-state index < -0.39 is 6.09 Å². The number of hydrogen-bond acceptors (Lipinski definition) is 5. The number of piperidine rings is 1. The third kappa shape index (κ3) is 6.10. The molecule has 0 aliphatic carbocycles. The minimum absolute atomic E-state index is 0.0805. The average Bonchev–Trinajstić information content (AvgIpc) is 2.72. The van der Waals surface area contributed by atoms with E-state index in [0.29, 0.717) is 19.0 Å². The number of rotatable bonds is 7. The first-order valence-electron chi connectivity index (χ1n) is 9.67. The van der Waals surface area contributed by atoms with E-state index in [1.807, 2.05) is 24.3 Å². The van der Waals surface area contributed by atoms with Crippen molar-refractivity contribution in [3.63, 3.8) is 0 Å². The molecule has 1 aromatic rings. The maximum Gasteiger partial charge on any atom is 0.413 e. The van der Waals surface area contributed by atoms with Crippen LogP contribution in [0.3, 0.4) is 0 Å². The van der Waals surface area contributed by atoms with Crippen molar-refractivity contribution in [2.24, 2.45) is 11.7 Å². The van der Waals surface area contributed by atoms with Gasteiger partial charge in [-0.1, -0.05) is 30.3 Å². The Balaban J connectivity index is 1.97. The van der Waals surface area contributed by atoms with Crippen LogP contribution in [0.25, 0.3) is 0 Å². The van der Waals surface area contributed by atoms with Crippen molar-refractivity contribution in [3.8, 4) is 6.07 Å². The summed E-state index contributed by atoms with van der Waals surface area (Å²) in [6, 6.07) is 12.2. The molecule has 28 heavy (non-hydrogen) atoms. The molecule has 1 aliphatic heterocycles. The standard InChI is InChI=1S/C21H28N4O3/c1-2-28-21(27)25(13-10-22)16-19(15-23)20(26)24-11-8-18(9-12-24)14-17-6-4-3-5-7-17/h3-7,16,18H,2,8-14,22H2,1H3/b19-16-. The van der Waals surface area contributed by atoms with Gasteiger partial charge in [0.25, 0.3) is 5.91 Å². The highest BCUT2D eigenvalue weighted by atomic mass is 16.6. The van der Waals surface area contributed by atoms with Crippen molar-refractivity contribution >= 4 is 12.0 Å². The van der Waals surface area contributed by atoms with E-state index in [1.54, 1.807) is 11.8 Å². The van der Waals surface area contributed by atoms with Gasteiger partial charge in [0.2, 0.25) is 0 Å². The largest absolute Gasteiger partial charge is 0.449 e. The van der Waals surface area contributed by atoms with Crippen LogP contribution in [0.4, 0.5) is 4.79 Å². The summed E-state index contributed by atoms with van der Waals surface area (Å²) >= 11 is 0. The van der Waals surface area contributed by atoms with Crippen LogP contribution in [0.1, 0.15) is 25.3 Å². The van der Waals surface area contributed by atoms with E-state index in [1.165, 1.54) is 16.7 Å². The van der Waals surface area contributed by atoms with E-state index >= 15 is 0 Å². The predicted octanol–water partition coefficient (Wildman–Crippen LogP) is 2.29. The van der Waals surface area contributed by atoms with E-state index in [0.717, 1.165) is 19.3 Å². The first kappa shape index (κ1) is 21.5. The molecule has 1 aromatic carbocycles. The molecular formula is C21H28N4O3.